The summed E-state index contributed by atoms with van der Waals surface area (Å²) >= 11 is 0. The van der Waals surface area contributed by atoms with Crippen molar-refractivity contribution < 1.29 is 17.9 Å². The zero-order valence-electron chi connectivity index (χ0n) is 17.4. The number of sulfonamides is 1. The number of allylic oxidation sites excluding steroid dienone is 2. The highest BCUT2D eigenvalue weighted by Gasteiger charge is 2.47. The van der Waals surface area contributed by atoms with Crippen LogP contribution in [0.2, 0.25) is 0 Å². The summed E-state index contributed by atoms with van der Waals surface area (Å²) in [6.45, 7) is 6.17. The Morgan fingerprint density at radius 1 is 1.14 bits per heavy atom. The van der Waals surface area contributed by atoms with E-state index in [0.717, 1.165) is 49.0 Å². The number of carbonyl (C=O) groups is 1. The third kappa shape index (κ3) is 3.68. The van der Waals surface area contributed by atoms with Crippen molar-refractivity contribution in [3.05, 3.63) is 52.8 Å². The van der Waals surface area contributed by atoms with Gasteiger partial charge in [-0.15, -0.1) is 0 Å². The second-order valence-corrected chi connectivity index (χ2v) is 10.8. The predicted molar refractivity (Wildman–Crippen MR) is 111 cm³/mol. The fourth-order valence-electron chi connectivity index (χ4n) is 5.27. The van der Waals surface area contributed by atoms with Gasteiger partial charge in [-0.1, -0.05) is 42.2 Å². The number of aryl methyl sites for hydroxylation is 1. The zero-order valence-corrected chi connectivity index (χ0v) is 18.2. The molecule has 2 fully saturated rings. The van der Waals surface area contributed by atoms with Crippen molar-refractivity contribution in [1.82, 2.24) is 4.31 Å². The smallest absolute Gasteiger partial charge is 0.307 e. The van der Waals surface area contributed by atoms with E-state index in [-0.39, 0.29) is 23.8 Å². The number of hydrogen-bond donors (Lipinski definition) is 0. The first-order chi connectivity index (χ1) is 13.7. The van der Waals surface area contributed by atoms with Crippen molar-refractivity contribution in [3.63, 3.8) is 0 Å². The quantitative estimate of drug-likeness (QED) is 0.544. The maximum atomic E-state index is 13.3. The van der Waals surface area contributed by atoms with Crippen molar-refractivity contribution in [2.75, 3.05) is 13.1 Å². The van der Waals surface area contributed by atoms with E-state index in [9.17, 15) is 13.2 Å². The second kappa shape index (κ2) is 7.40. The average molecular weight is 416 g/mol. The Hall–Kier alpha value is -1.92. The van der Waals surface area contributed by atoms with E-state index in [1.165, 1.54) is 12.5 Å². The van der Waals surface area contributed by atoms with E-state index >= 15 is 0 Å². The summed E-state index contributed by atoms with van der Waals surface area (Å²) in [5.41, 5.74) is 3.08. The average Bonchev–Trinajstić information content (AvgIpc) is 3.26. The molecule has 0 amide bonds. The molecular weight excluding hydrogens is 386 g/mol. The molecule has 4 rings (SSSR count). The van der Waals surface area contributed by atoms with Crippen LogP contribution in [0.15, 0.2) is 52.1 Å². The predicted octanol–water partition coefficient (Wildman–Crippen LogP) is 4.34. The third-order valence-electron chi connectivity index (χ3n) is 6.54. The largest absolute Gasteiger partial charge is 0.431 e. The van der Waals surface area contributed by atoms with Crippen LogP contribution in [-0.2, 0) is 19.6 Å². The van der Waals surface area contributed by atoms with E-state index in [1.807, 2.05) is 19.1 Å². The van der Waals surface area contributed by atoms with Crippen LogP contribution in [0.1, 0.15) is 51.5 Å². The minimum atomic E-state index is -3.60. The molecule has 1 aromatic rings. The number of fused-ring (bicyclic) bond motifs is 1. The van der Waals surface area contributed by atoms with Crippen molar-refractivity contribution in [2.45, 2.75) is 57.8 Å². The lowest BCUT2D eigenvalue weighted by Crippen LogP contribution is -2.30. The fourth-order valence-corrected chi connectivity index (χ4v) is 6.71. The van der Waals surface area contributed by atoms with Crippen LogP contribution >= 0.6 is 0 Å². The minimum Gasteiger partial charge on any atom is -0.431 e. The molecule has 0 unspecified atom stereocenters. The second-order valence-electron chi connectivity index (χ2n) is 8.84. The van der Waals surface area contributed by atoms with E-state index in [1.54, 1.807) is 16.4 Å². The molecule has 1 saturated carbocycles. The van der Waals surface area contributed by atoms with Crippen LogP contribution < -0.4 is 0 Å². The van der Waals surface area contributed by atoms with Crippen LogP contribution in [-0.4, -0.2) is 31.8 Å². The van der Waals surface area contributed by atoms with Gasteiger partial charge in [0.1, 0.15) is 5.76 Å². The van der Waals surface area contributed by atoms with Crippen molar-refractivity contribution >= 4 is 16.0 Å². The molecule has 1 saturated heterocycles. The zero-order chi connectivity index (χ0) is 20.8. The van der Waals surface area contributed by atoms with E-state index in [2.05, 4.69) is 13.0 Å². The Bertz CT molecular complexity index is 982. The van der Waals surface area contributed by atoms with Gasteiger partial charge in [0.25, 0.3) is 0 Å². The summed E-state index contributed by atoms with van der Waals surface area (Å²) < 4.78 is 33.9. The first-order valence-corrected chi connectivity index (χ1v) is 11.8. The van der Waals surface area contributed by atoms with E-state index in [4.69, 9.17) is 4.74 Å². The number of nitrogens with zero attached hydrogens (tertiary/aromatic N) is 1. The molecule has 2 aliphatic carbocycles. The van der Waals surface area contributed by atoms with Gasteiger partial charge in [0, 0.05) is 31.3 Å². The first-order valence-electron chi connectivity index (χ1n) is 10.4. The standard InChI is InChI=1S/C23H29NO4S/c1-16-6-8-20(9-7-16)29(26,27)24-14-19-12-17(2)13-23(10-4-5-11-23)22(21(19)15-24)28-18(3)25/h6-9,12,19H,4-5,10-11,13-15H2,1-3H3/t19-/m1/s1. The number of esters is 1. The number of benzene rings is 1. The maximum Gasteiger partial charge on any atom is 0.307 e. The van der Waals surface area contributed by atoms with Gasteiger partial charge in [-0.05, 0) is 50.8 Å². The molecule has 1 aromatic carbocycles. The lowest BCUT2D eigenvalue weighted by atomic mass is 9.77. The number of carbonyl (C=O) groups excluding carboxylic acids is 1. The van der Waals surface area contributed by atoms with Gasteiger partial charge >= 0.3 is 5.97 Å². The maximum absolute atomic E-state index is 13.3. The molecule has 1 atom stereocenters. The Morgan fingerprint density at radius 3 is 2.41 bits per heavy atom. The van der Waals surface area contributed by atoms with Gasteiger partial charge in [0.2, 0.25) is 10.0 Å². The molecule has 1 spiro atoms. The topological polar surface area (TPSA) is 63.7 Å². The number of hydrogen-bond acceptors (Lipinski definition) is 4. The summed E-state index contributed by atoms with van der Waals surface area (Å²) in [7, 11) is -3.60. The van der Waals surface area contributed by atoms with Crippen LogP contribution in [0.4, 0.5) is 0 Å². The molecule has 1 aliphatic heterocycles. The first kappa shape index (κ1) is 20.4. The van der Waals surface area contributed by atoms with Crippen LogP contribution in [0.5, 0.6) is 0 Å². The van der Waals surface area contributed by atoms with Crippen LogP contribution in [0.3, 0.4) is 0 Å². The van der Waals surface area contributed by atoms with Crippen LogP contribution in [0.25, 0.3) is 0 Å². The monoisotopic (exact) mass is 415 g/mol. The summed E-state index contributed by atoms with van der Waals surface area (Å²) in [5, 5.41) is 0. The highest BCUT2D eigenvalue weighted by Crippen LogP contribution is 2.53. The number of rotatable bonds is 3. The Balaban J connectivity index is 1.77. The Labute approximate surface area is 173 Å². The van der Waals surface area contributed by atoms with Crippen molar-refractivity contribution in [1.29, 1.82) is 0 Å². The molecule has 6 heteroatoms. The summed E-state index contributed by atoms with van der Waals surface area (Å²) in [4.78, 5) is 12.3. The Kier molecular flexibility index (Phi) is 5.20. The molecule has 0 aromatic heterocycles. The fraction of sp³-hybridized carbons (Fsp3) is 0.522. The third-order valence-corrected chi connectivity index (χ3v) is 8.36. The molecule has 156 valence electrons. The SMILES string of the molecule is CC(=O)OC1=C2CN(S(=O)(=O)c3ccc(C)cc3)C[C@H]2C=C(C)CC12CCCC2. The molecule has 0 radical (unpaired) electrons. The highest BCUT2D eigenvalue weighted by atomic mass is 32.2. The van der Waals surface area contributed by atoms with Gasteiger partial charge in [-0.25, -0.2) is 8.42 Å². The molecule has 0 N–H and O–H groups in total. The molecule has 5 nitrogen and oxygen atoms in total. The van der Waals surface area contributed by atoms with Gasteiger partial charge in [-0.3, -0.25) is 4.79 Å². The minimum absolute atomic E-state index is 0.0375. The van der Waals surface area contributed by atoms with Crippen molar-refractivity contribution in [2.24, 2.45) is 11.3 Å². The van der Waals surface area contributed by atoms with Gasteiger partial charge in [0.05, 0.1) is 4.90 Å². The molecule has 1 heterocycles. The molecule has 3 aliphatic rings. The van der Waals surface area contributed by atoms with Gasteiger partial charge < -0.3 is 4.74 Å². The molecular formula is C23H29NO4S. The van der Waals surface area contributed by atoms with Gasteiger partial charge in [-0.2, -0.15) is 4.31 Å². The molecule has 0 bridgehead atoms. The van der Waals surface area contributed by atoms with E-state index in [0.29, 0.717) is 11.4 Å². The molecule has 29 heavy (non-hydrogen) atoms. The van der Waals surface area contributed by atoms with Crippen molar-refractivity contribution in [3.8, 4) is 0 Å². The summed E-state index contributed by atoms with van der Waals surface area (Å²) in [6.07, 6.45) is 7.28. The number of ether oxygens (including phenoxy) is 1. The highest BCUT2D eigenvalue weighted by molar-refractivity contribution is 7.89. The lowest BCUT2D eigenvalue weighted by Gasteiger charge is -2.32. The van der Waals surface area contributed by atoms with Gasteiger partial charge in [0.15, 0.2) is 0 Å². The normalized spacial score (nSPS) is 24.4. The van der Waals surface area contributed by atoms with Crippen LogP contribution in [0, 0.1) is 18.3 Å². The van der Waals surface area contributed by atoms with E-state index < -0.39 is 10.0 Å². The Morgan fingerprint density at radius 2 is 1.79 bits per heavy atom. The lowest BCUT2D eigenvalue weighted by molar-refractivity contribution is -0.139. The summed E-state index contributed by atoms with van der Waals surface area (Å²) in [6, 6.07) is 6.98. The summed E-state index contributed by atoms with van der Waals surface area (Å²) in [5.74, 6) is 0.392.